The standard InChI is InChI=1S/C27H46N2/c1-4-5-6-7-8-9-10-11-12-13-14-15-19-22-28-23-24-29(25(2)3)27(28)26-20-17-16-18-21-26/h16-18,20-21,23-25,27H,4-15,19,22H2,1-3H3. The number of nitrogens with zero attached hydrogens (tertiary/aromatic N) is 2. The summed E-state index contributed by atoms with van der Waals surface area (Å²) in [4.78, 5) is 5.02. The van der Waals surface area contributed by atoms with E-state index in [1.807, 2.05) is 0 Å². The van der Waals surface area contributed by atoms with Crippen molar-refractivity contribution in [1.82, 2.24) is 9.80 Å². The Balaban J connectivity index is 1.55. The van der Waals surface area contributed by atoms with Crippen molar-refractivity contribution in [2.75, 3.05) is 6.54 Å². The number of hydrogen-bond acceptors (Lipinski definition) is 2. The molecule has 29 heavy (non-hydrogen) atoms. The summed E-state index contributed by atoms with van der Waals surface area (Å²) in [5.74, 6) is 0. The van der Waals surface area contributed by atoms with Crippen molar-refractivity contribution in [2.24, 2.45) is 0 Å². The summed E-state index contributed by atoms with van der Waals surface area (Å²) >= 11 is 0. The van der Waals surface area contributed by atoms with Gasteiger partial charge < -0.3 is 9.80 Å². The van der Waals surface area contributed by atoms with Crippen molar-refractivity contribution in [3.05, 3.63) is 48.3 Å². The molecule has 0 saturated carbocycles. The predicted octanol–water partition coefficient (Wildman–Crippen LogP) is 8.27. The molecule has 1 aliphatic heterocycles. The van der Waals surface area contributed by atoms with Crippen LogP contribution < -0.4 is 0 Å². The number of rotatable bonds is 16. The van der Waals surface area contributed by atoms with E-state index in [4.69, 9.17) is 0 Å². The molecule has 2 heteroatoms. The van der Waals surface area contributed by atoms with Gasteiger partial charge in [-0.25, -0.2) is 0 Å². The maximum Gasteiger partial charge on any atom is 0.127 e. The van der Waals surface area contributed by atoms with Gasteiger partial charge in [0, 0.05) is 25.0 Å². The highest BCUT2D eigenvalue weighted by Crippen LogP contribution is 2.32. The van der Waals surface area contributed by atoms with Gasteiger partial charge >= 0.3 is 0 Å². The second-order valence-electron chi connectivity index (χ2n) is 9.10. The van der Waals surface area contributed by atoms with Crippen LogP contribution in [0.25, 0.3) is 0 Å². The lowest BCUT2D eigenvalue weighted by molar-refractivity contribution is 0.126. The van der Waals surface area contributed by atoms with Crippen molar-refractivity contribution in [1.29, 1.82) is 0 Å². The molecule has 0 fully saturated rings. The minimum atomic E-state index is 0.369. The van der Waals surface area contributed by atoms with Crippen LogP contribution in [0.2, 0.25) is 0 Å². The third-order valence-corrected chi connectivity index (χ3v) is 6.24. The molecule has 0 bridgehead atoms. The maximum absolute atomic E-state index is 2.54. The molecule has 164 valence electrons. The highest BCUT2D eigenvalue weighted by molar-refractivity contribution is 5.22. The smallest absolute Gasteiger partial charge is 0.127 e. The second-order valence-corrected chi connectivity index (χ2v) is 9.10. The van der Waals surface area contributed by atoms with Crippen LogP contribution >= 0.6 is 0 Å². The van der Waals surface area contributed by atoms with E-state index >= 15 is 0 Å². The Labute approximate surface area is 181 Å². The Morgan fingerprint density at radius 2 is 1.21 bits per heavy atom. The zero-order valence-corrected chi connectivity index (χ0v) is 19.5. The molecular weight excluding hydrogens is 352 g/mol. The summed E-state index contributed by atoms with van der Waals surface area (Å²) in [6, 6.07) is 11.5. The number of hydrogen-bond donors (Lipinski definition) is 0. The molecule has 2 nitrogen and oxygen atoms in total. The van der Waals surface area contributed by atoms with E-state index in [1.165, 1.54) is 89.0 Å². The predicted molar refractivity (Wildman–Crippen MR) is 128 cm³/mol. The summed E-state index contributed by atoms with van der Waals surface area (Å²) in [6.45, 7) is 8.03. The van der Waals surface area contributed by atoms with Crippen LogP contribution in [-0.4, -0.2) is 22.4 Å². The van der Waals surface area contributed by atoms with E-state index in [1.54, 1.807) is 0 Å². The Kier molecular flexibility index (Phi) is 11.9. The minimum Gasteiger partial charge on any atom is -0.352 e. The first-order chi connectivity index (χ1) is 14.2. The molecule has 0 N–H and O–H groups in total. The lowest BCUT2D eigenvalue weighted by atomic mass is 10.0. The molecule has 0 spiro atoms. The van der Waals surface area contributed by atoms with Gasteiger partial charge in [0.15, 0.2) is 0 Å². The third kappa shape index (κ3) is 8.84. The fourth-order valence-electron chi connectivity index (χ4n) is 4.45. The molecule has 1 aromatic carbocycles. The van der Waals surface area contributed by atoms with Gasteiger partial charge in [0.2, 0.25) is 0 Å². The Morgan fingerprint density at radius 1 is 0.690 bits per heavy atom. The SMILES string of the molecule is CCCCCCCCCCCCCCCN1C=CN(C(C)C)C1c1ccccc1. The first-order valence-electron chi connectivity index (χ1n) is 12.5. The van der Waals surface area contributed by atoms with E-state index in [2.05, 4.69) is 73.3 Å². The van der Waals surface area contributed by atoms with Crippen molar-refractivity contribution < 1.29 is 0 Å². The quantitative estimate of drug-likeness (QED) is 0.258. The van der Waals surface area contributed by atoms with Crippen LogP contribution in [0.3, 0.4) is 0 Å². The van der Waals surface area contributed by atoms with Gasteiger partial charge in [-0.05, 0) is 25.8 Å². The van der Waals surface area contributed by atoms with Crippen molar-refractivity contribution in [3.63, 3.8) is 0 Å². The molecule has 1 atom stereocenters. The largest absolute Gasteiger partial charge is 0.352 e. The highest BCUT2D eigenvalue weighted by Gasteiger charge is 2.28. The lowest BCUT2D eigenvalue weighted by Crippen LogP contribution is -2.35. The van der Waals surface area contributed by atoms with E-state index in [9.17, 15) is 0 Å². The Hall–Kier alpha value is -1.44. The zero-order chi connectivity index (χ0) is 20.7. The molecule has 2 rings (SSSR count). The molecule has 0 amide bonds. The van der Waals surface area contributed by atoms with Crippen LogP contribution in [0.5, 0.6) is 0 Å². The van der Waals surface area contributed by atoms with E-state index in [0.717, 1.165) is 6.54 Å². The molecule has 1 aliphatic rings. The molecule has 0 aliphatic carbocycles. The average molecular weight is 399 g/mol. The Bertz CT molecular complexity index is 537. The number of benzene rings is 1. The van der Waals surface area contributed by atoms with Crippen molar-refractivity contribution in [2.45, 2.75) is 116 Å². The lowest BCUT2D eigenvalue weighted by Gasteiger charge is -2.35. The van der Waals surface area contributed by atoms with Gasteiger partial charge in [0.05, 0.1) is 0 Å². The van der Waals surface area contributed by atoms with E-state index < -0.39 is 0 Å². The normalized spacial score (nSPS) is 16.3. The van der Waals surface area contributed by atoms with Gasteiger partial charge in [-0.15, -0.1) is 0 Å². The maximum atomic E-state index is 2.54. The monoisotopic (exact) mass is 398 g/mol. The summed E-state index contributed by atoms with van der Waals surface area (Å²) in [6.07, 6.45) is 23.4. The van der Waals surface area contributed by atoms with E-state index in [-0.39, 0.29) is 0 Å². The fraction of sp³-hybridized carbons (Fsp3) is 0.704. The van der Waals surface area contributed by atoms with Gasteiger partial charge in [0.1, 0.15) is 6.17 Å². The van der Waals surface area contributed by atoms with Gasteiger partial charge in [-0.1, -0.05) is 114 Å². The van der Waals surface area contributed by atoms with Crippen LogP contribution in [0.4, 0.5) is 0 Å². The topological polar surface area (TPSA) is 6.48 Å². The van der Waals surface area contributed by atoms with Gasteiger partial charge in [-0.2, -0.15) is 0 Å². The Morgan fingerprint density at radius 3 is 1.72 bits per heavy atom. The van der Waals surface area contributed by atoms with Crippen LogP contribution in [0, 0.1) is 0 Å². The molecular formula is C27H46N2. The molecule has 0 saturated heterocycles. The summed E-state index contributed by atoms with van der Waals surface area (Å²) in [7, 11) is 0. The van der Waals surface area contributed by atoms with Crippen molar-refractivity contribution >= 4 is 0 Å². The molecule has 0 aromatic heterocycles. The molecule has 1 aromatic rings. The molecule has 1 unspecified atom stereocenters. The van der Waals surface area contributed by atoms with Crippen LogP contribution in [-0.2, 0) is 0 Å². The van der Waals surface area contributed by atoms with Crippen molar-refractivity contribution in [3.8, 4) is 0 Å². The summed E-state index contributed by atoms with van der Waals surface area (Å²) < 4.78 is 0. The first-order valence-corrected chi connectivity index (χ1v) is 12.5. The highest BCUT2D eigenvalue weighted by atomic mass is 15.4. The van der Waals surface area contributed by atoms with Gasteiger partial charge in [0.25, 0.3) is 0 Å². The molecule has 1 heterocycles. The van der Waals surface area contributed by atoms with E-state index in [0.29, 0.717) is 12.2 Å². The molecule has 0 radical (unpaired) electrons. The van der Waals surface area contributed by atoms with Crippen LogP contribution in [0.1, 0.15) is 116 Å². The van der Waals surface area contributed by atoms with Crippen LogP contribution in [0.15, 0.2) is 42.7 Å². The minimum absolute atomic E-state index is 0.369. The third-order valence-electron chi connectivity index (χ3n) is 6.24. The average Bonchev–Trinajstić information content (AvgIpc) is 3.16. The summed E-state index contributed by atoms with van der Waals surface area (Å²) in [5, 5.41) is 0. The fourth-order valence-corrected chi connectivity index (χ4v) is 4.45. The first kappa shape index (κ1) is 23.8. The second kappa shape index (κ2) is 14.5. The van der Waals surface area contributed by atoms with Gasteiger partial charge in [-0.3, -0.25) is 0 Å². The number of unbranched alkanes of at least 4 members (excludes halogenated alkanes) is 12. The zero-order valence-electron chi connectivity index (χ0n) is 19.5. The summed E-state index contributed by atoms with van der Waals surface area (Å²) in [5.41, 5.74) is 1.40.